The van der Waals surface area contributed by atoms with E-state index in [4.69, 9.17) is 4.84 Å². The standard InChI is InChI=1S/C12H9NO2/c14-6-8-1-4-11-9(5-8)2-3-10-7-15-13-12(10)11/h1-6,13H,7H2. The minimum Gasteiger partial charge on any atom is -0.298 e. The van der Waals surface area contributed by atoms with Gasteiger partial charge < -0.3 is 0 Å². The topological polar surface area (TPSA) is 38.3 Å². The van der Waals surface area contributed by atoms with E-state index < -0.39 is 0 Å². The Morgan fingerprint density at radius 3 is 3.07 bits per heavy atom. The average molecular weight is 199 g/mol. The van der Waals surface area contributed by atoms with E-state index in [2.05, 4.69) is 5.48 Å². The van der Waals surface area contributed by atoms with Crippen LogP contribution in [0.1, 0.15) is 15.9 Å². The molecule has 0 atom stereocenters. The minimum atomic E-state index is 0.598. The quantitative estimate of drug-likeness (QED) is 0.717. The second kappa shape index (κ2) is 3.07. The van der Waals surface area contributed by atoms with Crippen molar-refractivity contribution < 1.29 is 9.63 Å². The van der Waals surface area contributed by atoms with Gasteiger partial charge in [-0.15, -0.1) is 0 Å². The summed E-state index contributed by atoms with van der Waals surface area (Å²) in [7, 11) is 0. The molecule has 1 aliphatic rings. The highest BCUT2D eigenvalue weighted by atomic mass is 16.6. The normalized spacial score (nSPS) is 13.6. The lowest BCUT2D eigenvalue weighted by molar-refractivity contribution is 0.112. The number of fused-ring (bicyclic) bond motifs is 3. The summed E-state index contributed by atoms with van der Waals surface area (Å²) >= 11 is 0. The summed E-state index contributed by atoms with van der Waals surface area (Å²) in [5.74, 6) is 0. The van der Waals surface area contributed by atoms with Gasteiger partial charge in [-0.2, -0.15) is 0 Å². The second-order valence-electron chi connectivity index (χ2n) is 3.59. The molecule has 0 spiro atoms. The lowest BCUT2D eigenvalue weighted by Gasteiger charge is -2.04. The fourth-order valence-corrected chi connectivity index (χ4v) is 1.89. The predicted octanol–water partition coefficient (Wildman–Crippen LogP) is 2.51. The number of nitrogens with one attached hydrogen (secondary N) is 1. The number of carbonyl (C=O) groups is 1. The Kier molecular flexibility index (Phi) is 1.73. The lowest BCUT2D eigenvalue weighted by atomic mass is 10.0. The highest BCUT2D eigenvalue weighted by Gasteiger charge is 2.13. The molecule has 0 saturated carbocycles. The van der Waals surface area contributed by atoms with Crippen LogP contribution < -0.4 is 5.48 Å². The van der Waals surface area contributed by atoms with E-state index in [0.29, 0.717) is 12.2 Å². The van der Waals surface area contributed by atoms with Gasteiger partial charge in [-0.05, 0) is 11.5 Å². The molecule has 15 heavy (non-hydrogen) atoms. The molecule has 0 fully saturated rings. The van der Waals surface area contributed by atoms with E-state index in [0.717, 1.165) is 28.3 Å². The van der Waals surface area contributed by atoms with Crippen molar-refractivity contribution >= 4 is 22.7 Å². The van der Waals surface area contributed by atoms with Crippen molar-refractivity contribution in [3.05, 3.63) is 41.5 Å². The summed E-state index contributed by atoms with van der Waals surface area (Å²) in [6.07, 6.45) is 0.858. The van der Waals surface area contributed by atoms with Crippen LogP contribution in [0.5, 0.6) is 0 Å². The van der Waals surface area contributed by atoms with Crippen molar-refractivity contribution in [3.8, 4) is 0 Å². The molecular weight excluding hydrogens is 190 g/mol. The Morgan fingerprint density at radius 2 is 2.20 bits per heavy atom. The van der Waals surface area contributed by atoms with Gasteiger partial charge in [0.25, 0.3) is 0 Å². The number of hydrogen-bond donors (Lipinski definition) is 1. The largest absolute Gasteiger partial charge is 0.298 e. The van der Waals surface area contributed by atoms with Gasteiger partial charge in [0.2, 0.25) is 0 Å². The van der Waals surface area contributed by atoms with Gasteiger partial charge in [-0.3, -0.25) is 15.1 Å². The Morgan fingerprint density at radius 1 is 1.27 bits per heavy atom. The molecule has 3 heteroatoms. The summed E-state index contributed by atoms with van der Waals surface area (Å²) in [4.78, 5) is 15.8. The van der Waals surface area contributed by atoms with E-state index in [-0.39, 0.29) is 0 Å². The number of hydrogen-bond acceptors (Lipinski definition) is 3. The van der Waals surface area contributed by atoms with Crippen molar-refractivity contribution in [3.63, 3.8) is 0 Å². The molecule has 0 radical (unpaired) electrons. The molecule has 0 aliphatic carbocycles. The lowest BCUT2D eigenvalue weighted by Crippen LogP contribution is -1.89. The van der Waals surface area contributed by atoms with Crippen LogP contribution in [-0.2, 0) is 11.4 Å². The van der Waals surface area contributed by atoms with Crippen LogP contribution in [0.15, 0.2) is 30.3 Å². The van der Waals surface area contributed by atoms with Crippen molar-refractivity contribution in [2.45, 2.75) is 6.61 Å². The zero-order valence-electron chi connectivity index (χ0n) is 7.99. The van der Waals surface area contributed by atoms with E-state index in [1.807, 2.05) is 30.3 Å². The Hall–Kier alpha value is -1.87. The van der Waals surface area contributed by atoms with Gasteiger partial charge >= 0.3 is 0 Å². The van der Waals surface area contributed by atoms with Crippen molar-refractivity contribution in [1.29, 1.82) is 0 Å². The van der Waals surface area contributed by atoms with Crippen LogP contribution in [-0.4, -0.2) is 6.29 Å². The molecule has 0 bridgehead atoms. The smallest absolute Gasteiger partial charge is 0.150 e. The van der Waals surface area contributed by atoms with Crippen molar-refractivity contribution in [1.82, 2.24) is 0 Å². The molecule has 2 aromatic rings. The average Bonchev–Trinajstić information content (AvgIpc) is 2.76. The Labute approximate surface area is 86.6 Å². The third-order valence-electron chi connectivity index (χ3n) is 2.67. The summed E-state index contributed by atoms with van der Waals surface area (Å²) in [6, 6.07) is 9.67. The Balaban J connectivity index is 2.33. The molecule has 2 aromatic carbocycles. The van der Waals surface area contributed by atoms with E-state index in [1.165, 1.54) is 0 Å². The van der Waals surface area contributed by atoms with E-state index >= 15 is 0 Å². The first-order valence-electron chi connectivity index (χ1n) is 4.77. The first-order chi connectivity index (χ1) is 7.38. The molecule has 0 unspecified atom stereocenters. The fraction of sp³-hybridized carbons (Fsp3) is 0.0833. The highest BCUT2D eigenvalue weighted by molar-refractivity contribution is 5.98. The van der Waals surface area contributed by atoms with Gasteiger partial charge in [0.1, 0.15) is 12.9 Å². The van der Waals surface area contributed by atoms with Gasteiger partial charge in [-0.25, -0.2) is 0 Å². The number of anilines is 1. The van der Waals surface area contributed by atoms with Crippen LogP contribution in [0.4, 0.5) is 5.69 Å². The highest BCUT2D eigenvalue weighted by Crippen LogP contribution is 2.32. The summed E-state index contributed by atoms with van der Waals surface area (Å²) in [5.41, 5.74) is 5.76. The number of rotatable bonds is 1. The van der Waals surface area contributed by atoms with Crippen LogP contribution in [0, 0.1) is 0 Å². The SMILES string of the molecule is O=Cc1ccc2c3c(ccc2c1)CON3. The maximum Gasteiger partial charge on any atom is 0.150 e. The maximum absolute atomic E-state index is 10.6. The fourth-order valence-electron chi connectivity index (χ4n) is 1.89. The van der Waals surface area contributed by atoms with Crippen LogP contribution >= 0.6 is 0 Å². The molecule has 3 rings (SSSR count). The van der Waals surface area contributed by atoms with Gasteiger partial charge in [0.05, 0.1) is 5.69 Å². The third-order valence-corrected chi connectivity index (χ3v) is 2.67. The summed E-state index contributed by atoms with van der Waals surface area (Å²) < 4.78 is 0. The molecule has 1 heterocycles. The van der Waals surface area contributed by atoms with Crippen LogP contribution in [0.3, 0.4) is 0 Å². The van der Waals surface area contributed by atoms with Crippen LogP contribution in [0.25, 0.3) is 10.8 Å². The third kappa shape index (κ3) is 1.21. The Bertz CT molecular complexity index is 549. The van der Waals surface area contributed by atoms with Crippen molar-refractivity contribution in [2.75, 3.05) is 5.48 Å². The molecule has 0 saturated heterocycles. The molecule has 0 aromatic heterocycles. The molecule has 74 valence electrons. The van der Waals surface area contributed by atoms with Gasteiger partial charge in [0, 0.05) is 16.5 Å². The zero-order valence-corrected chi connectivity index (χ0v) is 7.99. The predicted molar refractivity (Wildman–Crippen MR) is 57.7 cm³/mol. The molecule has 1 N–H and O–H groups in total. The molecule has 0 amide bonds. The maximum atomic E-state index is 10.6. The number of benzene rings is 2. The number of aldehydes is 1. The van der Waals surface area contributed by atoms with E-state index in [9.17, 15) is 4.79 Å². The summed E-state index contributed by atoms with van der Waals surface area (Å²) in [6.45, 7) is 0.598. The first kappa shape index (κ1) is 8.44. The van der Waals surface area contributed by atoms with Gasteiger partial charge in [-0.1, -0.05) is 24.3 Å². The molecule has 3 nitrogen and oxygen atoms in total. The minimum absolute atomic E-state index is 0.598. The summed E-state index contributed by atoms with van der Waals surface area (Å²) in [5, 5.41) is 2.15. The first-order valence-corrected chi connectivity index (χ1v) is 4.77. The molecular formula is C12H9NO2. The molecule has 1 aliphatic heterocycles. The monoisotopic (exact) mass is 199 g/mol. The zero-order chi connectivity index (χ0) is 10.3. The van der Waals surface area contributed by atoms with E-state index in [1.54, 1.807) is 0 Å². The second-order valence-corrected chi connectivity index (χ2v) is 3.59. The van der Waals surface area contributed by atoms with Gasteiger partial charge in [0.15, 0.2) is 0 Å². The number of carbonyl (C=O) groups excluding carboxylic acids is 1. The van der Waals surface area contributed by atoms with Crippen molar-refractivity contribution in [2.24, 2.45) is 0 Å². The van der Waals surface area contributed by atoms with Crippen LogP contribution in [0.2, 0.25) is 0 Å².